The van der Waals surface area contributed by atoms with E-state index in [2.05, 4.69) is 72.8 Å². The van der Waals surface area contributed by atoms with Crippen molar-refractivity contribution in [3.8, 4) is 22.6 Å². The number of fused-ring (bicyclic) bond motifs is 3. The average Bonchev–Trinajstić information content (AvgIpc) is 3.18. The second kappa shape index (κ2) is 9.10. The number of rotatable bonds is 8. The number of methoxy groups -OCH3 is 1. The molecule has 33 heavy (non-hydrogen) atoms. The van der Waals surface area contributed by atoms with Gasteiger partial charge in [0.2, 0.25) is 0 Å². The Kier molecular flexibility index (Phi) is 5.86. The molecule has 4 nitrogen and oxygen atoms in total. The van der Waals surface area contributed by atoms with Crippen molar-refractivity contribution in [2.45, 2.75) is 5.41 Å². The third kappa shape index (κ3) is 3.58. The monoisotopic (exact) mass is 438 g/mol. The Balaban J connectivity index is 1.72. The average molecular weight is 439 g/mol. The van der Waals surface area contributed by atoms with Crippen molar-refractivity contribution in [1.82, 2.24) is 0 Å². The zero-order chi connectivity index (χ0) is 22.7. The van der Waals surface area contributed by atoms with Crippen LogP contribution in [0.15, 0.2) is 97.1 Å². The van der Waals surface area contributed by atoms with Crippen LogP contribution in [0.3, 0.4) is 0 Å². The molecule has 0 saturated carbocycles. The molecule has 5 rings (SSSR count). The van der Waals surface area contributed by atoms with Crippen molar-refractivity contribution in [3.63, 3.8) is 0 Å². The van der Waals surface area contributed by atoms with Crippen LogP contribution in [-0.4, -0.2) is 32.2 Å². The number of benzene rings is 4. The van der Waals surface area contributed by atoms with Gasteiger partial charge in [0.25, 0.3) is 0 Å². The maximum absolute atomic E-state index is 9.10. The van der Waals surface area contributed by atoms with Gasteiger partial charge in [0.1, 0.15) is 18.1 Å². The second-order valence-electron chi connectivity index (χ2n) is 8.01. The highest BCUT2D eigenvalue weighted by molar-refractivity contribution is 5.86. The molecule has 166 valence electrons. The van der Waals surface area contributed by atoms with Gasteiger partial charge in [-0.2, -0.15) is 0 Å². The first kappa shape index (κ1) is 21.3. The maximum Gasteiger partial charge on any atom is 0.188 e. The van der Waals surface area contributed by atoms with E-state index in [1.54, 1.807) is 7.11 Å². The van der Waals surface area contributed by atoms with E-state index in [1.807, 2.05) is 24.3 Å². The van der Waals surface area contributed by atoms with Gasteiger partial charge in [-0.25, -0.2) is 0 Å². The first-order valence-corrected chi connectivity index (χ1v) is 11.0. The lowest BCUT2D eigenvalue weighted by molar-refractivity contribution is 0.0511. The van der Waals surface area contributed by atoms with Crippen molar-refractivity contribution in [1.29, 1.82) is 0 Å². The Morgan fingerprint density at radius 2 is 1.12 bits per heavy atom. The molecule has 0 aliphatic heterocycles. The molecule has 0 heterocycles. The summed E-state index contributed by atoms with van der Waals surface area (Å²) in [5.74, 6) is 1.51. The first-order valence-electron chi connectivity index (χ1n) is 11.0. The Bertz CT molecular complexity index is 1130. The number of ether oxygens (including phenoxy) is 3. The molecule has 4 heteroatoms. The van der Waals surface area contributed by atoms with Crippen LogP contribution in [0.2, 0.25) is 0 Å². The number of hydrogen-bond donors (Lipinski definition) is 1. The van der Waals surface area contributed by atoms with Gasteiger partial charge in [0.15, 0.2) is 6.79 Å². The van der Waals surface area contributed by atoms with Crippen LogP contribution in [0.25, 0.3) is 11.1 Å². The van der Waals surface area contributed by atoms with Crippen LogP contribution in [-0.2, 0) is 10.2 Å². The van der Waals surface area contributed by atoms with Gasteiger partial charge in [0, 0.05) is 7.11 Å². The maximum atomic E-state index is 9.10. The summed E-state index contributed by atoms with van der Waals surface area (Å²) < 4.78 is 16.3. The van der Waals surface area contributed by atoms with Gasteiger partial charge in [-0.1, -0.05) is 72.8 Å². The summed E-state index contributed by atoms with van der Waals surface area (Å²) in [5.41, 5.74) is 6.83. The molecule has 0 amide bonds. The molecule has 1 N–H and O–H groups in total. The third-order valence-electron chi connectivity index (χ3n) is 6.23. The van der Waals surface area contributed by atoms with Gasteiger partial charge in [0.05, 0.1) is 12.0 Å². The molecule has 1 aliphatic carbocycles. The Morgan fingerprint density at radius 3 is 1.61 bits per heavy atom. The second-order valence-corrected chi connectivity index (χ2v) is 8.01. The summed E-state index contributed by atoms with van der Waals surface area (Å²) in [6.07, 6.45) is 0. The van der Waals surface area contributed by atoms with E-state index in [0.717, 1.165) is 22.6 Å². The van der Waals surface area contributed by atoms with Crippen LogP contribution in [0.5, 0.6) is 11.5 Å². The van der Waals surface area contributed by atoms with Crippen LogP contribution in [0, 0.1) is 0 Å². The molecular weight excluding hydrogens is 412 g/mol. The fourth-order valence-corrected chi connectivity index (χ4v) is 4.92. The minimum Gasteiger partial charge on any atom is -0.491 e. The van der Waals surface area contributed by atoms with Crippen LogP contribution in [0.4, 0.5) is 0 Å². The summed E-state index contributed by atoms with van der Waals surface area (Å²) >= 11 is 0. The smallest absolute Gasteiger partial charge is 0.188 e. The van der Waals surface area contributed by atoms with Gasteiger partial charge in [-0.15, -0.1) is 0 Å². The van der Waals surface area contributed by atoms with E-state index in [4.69, 9.17) is 19.3 Å². The number of hydrogen-bond acceptors (Lipinski definition) is 4. The molecule has 0 unspecified atom stereocenters. The van der Waals surface area contributed by atoms with E-state index in [9.17, 15) is 0 Å². The SMILES string of the molecule is COCOc1ccc(C2(c3ccc(OCCO)cc3)c3ccccc3-c3ccccc32)cc1. The Morgan fingerprint density at radius 1 is 0.636 bits per heavy atom. The number of aliphatic hydroxyl groups excluding tert-OH is 1. The summed E-state index contributed by atoms with van der Waals surface area (Å²) in [5, 5.41) is 9.10. The highest BCUT2D eigenvalue weighted by Crippen LogP contribution is 2.56. The molecule has 4 aromatic rings. The van der Waals surface area contributed by atoms with E-state index in [-0.39, 0.29) is 20.0 Å². The highest BCUT2D eigenvalue weighted by Gasteiger charge is 2.45. The molecule has 0 saturated heterocycles. The third-order valence-corrected chi connectivity index (χ3v) is 6.23. The molecule has 4 aromatic carbocycles. The first-order chi connectivity index (χ1) is 16.3. The zero-order valence-corrected chi connectivity index (χ0v) is 18.5. The van der Waals surface area contributed by atoms with Crippen LogP contribution in [0.1, 0.15) is 22.3 Å². The molecule has 0 radical (unpaired) electrons. The van der Waals surface area contributed by atoms with Gasteiger partial charge >= 0.3 is 0 Å². The number of aliphatic hydroxyl groups is 1. The lowest BCUT2D eigenvalue weighted by Crippen LogP contribution is -2.28. The van der Waals surface area contributed by atoms with E-state index < -0.39 is 5.41 Å². The summed E-state index contributed by atoms with van der Waals surface area (Å²) in [6, 6.07) is 33.7. The summed E-state index contributed by atoms with van der Waals surface area (Å²) in [7, 11) is 1.61. The van der Waals surface area contributed by atoms with E-state index in [0.29, 0.717) is 0 Å². The minimum atomic E-state index is -0.470. The molecule has 1 aliphatic rings. The predicted octanol–water partition coefficient (Wildman–Crippen LogP) is 5.40. The van der Waals surface area contributed by atoms with Gasteiger partial charge < -0.3 is 19.3 Å². The quantitative estimate of drug-likeness (QED) is 0.330. The fourth-order valence-electron chi connectivity index (χ4n) is 4.92. The van der Waals surface area contributed by atoms with Crippen molar-refractivity contribution in [2.75, 3.05) is 27.1 Å². The molecule has 0 fully saturated rings. The van der Waals surface area contributed by atoms with Crippen LogP contribution < -0.4 is 9.47 Å². The molecule has 0 bridgehead atoms. The Labute approximate surface area is 194 Å². The lowest BCUT2D eigenvalue weighted by atomic mass is 9.68. The lowest BCUT2D eigenvalue weighted by Gasteiger charge is -2.34. The van der Waals surface area contributed by atoms with Crippen molar-refractivity contribution >= 4 is 0 Å². The van der Waals surface area contributed by atoms with Crippen molar-refractivity contribution in [2.24, 2.45) is 0 Å². The molecule has 0 spiro atoms. The summed E-state index contributed by atoms with van der Waals surface area (Å²) in [6.45, 7) is 0.481. The fraction of sp³-hybridized carbons (Fsp3) is 0.172. The highest BCUT2D eigenvalue weighted by atomic mass is 16.7. The normalized spacial score (nSPS) is 13.3. The molecule has 0 atom stereocenters. The van der Waals surface area contributed by atoms with E-state index in [1.165, 1.54) is 22.3 Å². The van der Waals surface area contributed by atoms with Crippen molar-refractivity contribution in [3.05, 3.63) is 119 Å². The Hall–Kier alpha value is -3.60. The topological polar surface area (TPSA) is 47.9 Å². The summed E-state index contributed by atoms with van der Waals surface area (Å²) in [4.78, 5) is 0. The molecular formula is C29H26O4. The zero-order valence-electron chi connectivity index (χ0n) is 18.5. The van der Waals surface area contributed by atoms with Gasteiger partial charge in [-0.05, 0) is 57.6 Å². The van der Waals surface area contributed by atoms with E-state index >= 15 is 0 Å². The molecule has 0 aromatic heterocycles. The largest absolute Gasteiger partial charge is 0.491 e. The standard InChI is InChI=1S/C29H26O4/c1-31-20-33-24-16-12-22(13-17-24)29(21-10-14-23(15-11-21)32-19-18-30)27-8-4-2-6-25(27)26-7-3-5-9-28(26)29/h2-17,30H,18-20H2,1H3. The predicted molar refractivity (Wildman–Crippen MR) is 129 cm³/mol. The van der Waals surface area contributed by atoms with Crippen molar-refractivity contribution < 1.29 is 19.3 Å². The van der Waals surface area contributed by atoms with Gasteiger partial charge in [-0.3, -0.25) is 0 Å². The van der Waals surface area contributed by atoms with Crippen LogP contribution >= 0.6 is 0 Å². The minimum absolute atomic E-state index is 0.00999.